The second-order valence-electron chi connectivity index (χ2n) is 8.84. The summed E-state index contributed by atoms with van der Waals surface area (Å²) in [6, 6.07) is 19.6. The maximum absolute atomic E-state index is 13.1. The van der Waals surface area contributed by atoms with E-state index in [-0.39, 0.29) is 5.70 Å². The molecule has 206 valence electrons. The van der Waals surface area contributed by atoms with Gasteiger partial charge < -0.3 is 24.8 Å². The summed E-state index contributed by atoms with van der Waals surface area (Å²) in [6.07, 6.45) is 3.80. The number of nitrogens with one attached hydrogen (secondary N) is 2. The number of amides is 4. The molecule has 9 nitrogen and oxygen atoms in total. The van der Waals surface area contributed by atoms with Crippen LogP contribution >= 0.6 is 0 Å². The average Bonchev–Trinajstić information content (AvgIpc) is 3.21. The highest BCUT2D eigenvalue weighted by Crippen LogP contribution is 2.35. The molecule has 1 aliphatic heterocycles. The first-order chi connectivity index (χ1) is 19.4. The van der Waals surface area contributed by atoms with Crippen LogP contribution in [0.4, 0.5) is 10.5 Å². The van der Waals surface area contributed by atoms with Gasteiger partial charge in [0.15, 0.2) is 11.5 Å². The molecule has 1 heterocycles. The van der Waals surface area contributed by atoms with E-state index in [9.17, 15) is 14.4 Å². The fourth-order valence-corrected chi connectivity index (χ4v) is 4.19. The summed E-state index contributed by atoms with van der Waals surface area (Å²) in [7, 11) is 1.49. The molecule has 1 aliphatic rings. The minimum absolute atomic E-state index is 0.0417. The van der Waals surface area contributed by atoms with E-state index in [1.54, 1.807) is 42.5 Å². The number of hydrogen-bond acceptors (Lipinski definition) is 6. The lowest BCUT2D eigenvalue weighted by Gasteiger charge is -2.17. The highest BCUT2D eigenvalue weighted by molar-refractivity contribution is 6.16. The highest BCUT2D eigenvalue weighted by Gasteiger charge is 2.35. The van der Waals surface area contributed by atoms with Gasteiger partial charge >= 0.3 is 6.03 Å². The van der Waals surface area contributed by atoms with Gasteiger partial charge in [-0.2, -0.15) is 0 Å². The summed E-state index contributed by atoms with van der Waals surface area (Å²) < 4.78 is 17.3. The van der Waals surface area contributed by atoms with Crippen molar-refractivity contribution in [3.8, 4) is 17.2 Å². The zero-order chi connectivity index (χ0) is 28.5. The van der Waals surface area contributed by atoms with Gasteiger partial charge in [0.2, 0.25) is 5.91 Å². The van der Waals surface area contributed by atoms with Crippen LogP contribution in [0.25, 0.3) is 6.08 Å². The molecule has 4 amide bonds. The van der Waals surface area contributed by atoms with Crippen molar-refractivity contribution in [2.24, 2.45) is 0 Å². The van der Waals surface area contributed by atoms with Crippen LogP contribution in [-0.2, 0) is 22.6 Å². The SMILES string of the molecule is C=CCc1cc(/C=C2/NC(=O)N(CC(=O)Nc3ccccc3OC)C2=O)cc(OCC)c1OCc1ccccc1. The van der Waals surface area contributed by atoms with E-state index < -0.39 is 24.4 Å². The number of imide groups is 1. The van der Waals surface area contributed by atoms with Crippen LogP contribution in [0.1, 0.15) is 23.6 Å². The molecular weight excluding hydrogens is 510 g/mol. The Morgan fingerprint density at radius 2 is 1.77 bits per heavy atom. The summed E-state index contributed by atoms with van der Waals surface area (Å²) in [6.45, 7) is 6.01. The number of carbonyl (C=O) groups excluding carboxylic acids is 3. The summed E-state index contributed by atoms with van der Waals surface area (Å²) in [5.74, 6) is 0.401. The van der Waals surface area contributed by atoms with Crippen molar-refractivity contribution in [2.75, 3.05) is 25.6 Å². The molecule has 3 aromatic carbocycles. The predicted molar refractivity (Wildman–Crippen MR) is 152 cm³/mol. The molecule has 0 bridgehead atoms. The predicted octanol–water partition coefficient (Wildman–Crippen LogP) is 4.93. The van der Waals surface area contributed by atoms with E-state index in [1.165, 1.54) is 7.11 Å². The van der Waals surface area contributed by atoms with E-state index in [0.29, 0.717) is 48.1 Å². The Morgan fingerprint density at radius 1 is 1.02 bits per heavy atom. The average molecular weight is 542 g/mol. The Hall–Kier alpha value is -5.05. The third kappa shape index (κ3) is 6.68. The Morgan fingerprint density at radius 3 is 2.50 bits per heavy atom. The largest absolute Gasteiger partial charge is 0.495 e. The second-order valence-corrected chi connectivity index (χ2v) is 8.84. The van der Waals surface area contributed by atoms with Crippen LogP contribution in [0.15, 0.2) is 85.1 Å². The molecule has 4 rings (SSSR count). The van der Waals surface area contributed by atoms with Crippen molar-refractivity contribution in [3.05, 3.63) is 102 Å². The number of nitrogens with zero attached hydrogens (tertiary/aromatic N) is 1. The maximum Gasteiger partial charge on any atom is 0.329 e. The van der Waals surface area contributed by atoms with Crippen LogP contribution in [0.5, 0.6) is 17.2 Å². The molecule has 0 atom stereocenters. The Balaban J connectivity index is 1.54. The number of anilines is 1. The molecule has 1 saturated heterocycles. The van der Waals surface area contributed by atoms with Crippen molar-refractivity contribution in [1.82, 2.24) is 10.2 Å². The van der Waals surface area contributed by atoms with Gasteiger partial charge in [-0.25, -0.2) is 9.69 Å². The van der Waals surface area contributed by atoms with E-state index in [2.05, 4.69) is 17.2 Å². The third-order valence-electron chi connectivity index (χ3n) is 6.00. The highest BCUT2D eigenvalue weighted by atomic mass is 16.5. The lowest BCUT2D eigenvalue weighted by molar-refractivity contribution is -0.127. The normalized spacial score (nSPS) is 13.7. The van der Waals surface area contributed by atoms with Crippen LogP contribution in [0.2, 0.25) is 0 Å². The first-order valence-corrected chi connectivity index (χ1v) is 12.8. The summed E-state index contributed by atoms with van der Waals surface area (Å²) in [4.78, 5) is 39.2. The Labute approximate surface area is 233 Å². The van der Waals surface area contributed by atoms with Crippen LogP contribution in [0.3, 0.4) is 0 Å². The quantitative estimate of drug-likeness (QED) is 0.191. The second kappa shape index (κ2) is 13.1. The molecule has 3 aromatic rings. The van der Waals surface area contributed by atoms with Crippen molar-refractivity contribution >= 4 is 29.6 Å². The number of urea groups is 1. The maximum atomic E-state index is 13.1. The number of ether oxygens (including phenoxy) is 3. The van der Waals surface area contributed by atoms with Crippen LogP contribution in [0, 0.1) is 0 Å². The molecule has 0 aromatic heterocycles. The number of para-hydroxylation sites is 2. The Kier molecular flexibility index (Phi) is 9.19. The van der Waals surface area contributed by atoms with E-state index in [4.69, 9.17) is 14.2 Å². The molecule has 2 N–H and O–H groups in total. The van der Waals surface area contributed by atoms with Gasteiger partial charge in [0.25, 0.3) is 5.91 Å². The minimum Gasteiger partial charge on any atom is -0.495 e. The lowest BCUT2D eigenvalue weighted by Crippen LogP contribution is -2.38. The molecule has 1 fully saturated rings. The molecule has 0 spiro atoms. The van der Waals surface area contributed by atoms with Gasteiger partial charge in [-0.05, 0) is 54.8 Å². The van der Waals surface area contributed by atoms with Crippen molar-refractivity contribution in [1.29, 1.82) is 0 Å². The van der Waals surface area contributed by atoms with Gasteiger partial charge in [-0.3, -0.25) is 9.59 Å². The van der Waals surface area contributed by atoms with E-state index >= 15 is 0 Å². The monoisotopic (exact) mass is 541 g/mol. The van der Waals surface area contributed by atoms with Gasteiger partial charge in [-0.15, -0.1) is 6.58 Å². The van der Waals surface area contributed by atoms with Crippen molar-refractivity contribution in [3.63, 3.8) is 0 Å². The van der Waals surface area contributed by atoms with Crippen molar-refractivity contribution in [2.45, 2.75) is 20.0 Å². The van der Waals surface area contributed by atoms with Gasteiger partial charge in [-0.1, -0.05) is 48.5 Å². The van der Waals surface area contributed by atoms with Crippen LogP contribution in [-0.4, -0.2) is 43.0 Å². The standard InChI is InChI=1S/C31H31N3O6/c1-4-11-23-16-22(18-27(39-5-2)29(23)40-20-21-12-7-6-8-13-21)17-25-30(36)34(31(37)33-25)19-28(35)32-24-14-9-10-15-26(24)38-3/h4,6-10,12-18H,1,5,11,19-20H2,2-3H3,(H,32,35)(H,33,37)/b25-17+. The van der Waals surface area contributed by atoms with Crippen molar-refractivity contribution < 1.29 is 28.6 Å². The minimum atomic E-state index is -0.689. The molecule has 0 unspecified atom stereocenters. The molecule has 0 radical (unpaired) electrons. The first-order valence-electron chi connectivity index (χ1n) is 12.8. The number of methoxy groups -OCH3 is 1. The molecule has 0 aliphatic carbocycles. The summed E-state index contributed by atoms with van der Waals surface area (Å²) in [5, 5.41) is 5.23. The van der Waals surface area contributed by atoms with E-state index in [0.717, 1.165) is 16.0 Å². The van der Waals surface area contributed by atoms with E-state index in [1.807, 2.05) is 43.3 Å². The number of rotatable bonds is 12. The molecule has 0 saturated carbocycles. The first kappa shape index (κ1) is 28.0. The lowest BCUT2D eigenvalue weighted by atomic mass is 10.0. The summed E-state index contributed by atoms with van der Waals surface area (Å²) in [5.41, 5.74) is 2.92. The zero-order valence-corrected chi connectivity index (χ0v) is 22.4. The van der Waals surface area contributed by atoms with Gasteiger partial charge in [0.05, 0.1) is 19.4 Å². The third-order valence-corrected chi connectivity index (χ3v) is 6.00. The topological polar surface area (TPSA) is 106 Å². The molecule has 9 heteroatoms. The fourth-order valence-electron chi connectivity index (χ4n) is 4.19. The Bertz CT molecular complexity index is 1430. The number of hydrogen-bond donors (Lipinski definition) is 2. The van der Waals surface area contributed by atoms with Gasteiger partial charge in [0, 0.05) is 5.56 Å². The zero-order valence-electron chi connectivity index (χ0n) is 22.4. The molecular formula is C31H31N3O6. The number of carbonyl (C=O) groups is 3. The molecule has 40 heavy (non-hydrogen) atoms. The summed E-state index contributed by atoms with van der Waals surface area (Å²) >= 11 is 0. The van der Waals surface area contributed by atoms with Crippen LogP contribution < -0.4 is 24.8 Å². The smallest absolute Gasteiger partial charge is 0.329 e. The number of benzene rings is 3. The van der Waals surface area contributed by atoms with Gasteiger partial charge in [0.1, 0.15) is 24.6 Å². The number of allylic oxidation sites excluding steroid dienone is 1. The fraction of sp³-hybridized carbons (Fsp3) is 0.194.